The average molecular weight is 361 g/mol. The summed E-state index contributed by atoms with van der Waals surface area (Å²) >= 11 is 7.25. The van der Waals surface area contributed by atoms with Crippen molar-refractivity contribution in [2.24, 2.45) is 0 Å². The minimum absolute atomic E-state index is 0.0617. The molecule has 3 rings (SSSR count). The van der Waals surface area contributed by atoms with Gasteiger partial charge in [-0.25, -0.2) is 4.98 Å². The Morgan fingerprint density at radius 2 is 2.04 bits per heavy atom. The van der Waals surface area contributed by atoms with Crippen molar-refractivity contribution in [3.8, 4) is 0 Å². The molecule has 0 atom stereocenters. The molecule has 24 heavy (non-hydrogen) atoms. The zero-order valence-electron chi connectivity index (χ0n) is 13.2. The summed E-state index contributed by atoms with van der Waals surface area (Å²) in [6.45, 7) is 3.25. The summed E-state index contributed by atoms with van der Waals surface area (Å²) < 4.78 is 5.63. The molecule has 0 aliphatic carbocycles. The normalized spacial score (nSPS) is 10.9. The van der Waals surface area contributed by atoms with Gasteiger partial charge in [0.2, 0.25) is 5.91 Å². The molecule has 0 saturated carbocycles. The van der Waals surface area contributed by atoms with Gasteiger partial charge in [-0.15, -0.1) is 0 Å². The first kappa shape index (κ1) is 16.9. The van der Waals surface area contributed by atoms with Gasteiger partial charge < -0.3 is 9.32 Å². The van der Waals surface area contributed by atoms with E-state index in [1.54, 1.807) is 18.2 Å². The van der Waals surface area contributed by atoms with Crippen molar-refractivity contribution in [3.05, 3.63) is 59.1 Å². The standard InChI is InChI=1S/C18H17ClN2O2S/c1-2-21(11-13-6-4-3-5-7-13)17(22)12-24-18-20-15-10-14(19)8-9-16(15)23-18/h3-10H,2,11-12H2,1H3. The number of fused-ring (bicyclic) bond motifs is 1. The molecular weight excluding hydrogens is 344 g/mol. The highest BCUT2D eigenvalue weighted by atomic mass is 35.5. The maximum Gasteiger partial charge on any atom is 0.257 e. The summed E-state index contributed by atoms with van der Waals surface area (Å²) in [7, 11) is 0. The van der Waals surface area contributed by atoms with Crippen LogP contribution in [0.15, 0.2) is 58.2 Å². The molecule has 0 fully saturated rings. The fourth-order valence-electron chi connectivity index (χ4n) is 2.34. The lowest BCUT2D eigenvalue weighted by Crippen LogP contribution is -2.31. The highest BCUT2D eigenvalue weighted by Gasteiger charge is 2.15. The van der Waals surface area contributed by atoms with Crippen LogP contribution < -0.4 is 0 Å². The van der Waals surface area contributed by atoms with Crippen molar-refractivity contribution in [2.45, 2.75) is 18.7 Å². The average Bonchev–Trinajstić information content (AvgIpc) is 3.00. The highest BCUT2D eigenvalue weighted by Crippen LogP contribution is 2.25. The van der Waals surface area contributed by atoms with Gasteiger partial charge in [-0.1, -0.05) is 53.7 Å². The number of benzene rings is 2. The van der Waals surface area contributed by atoms with Crippen LogP contribution in [0, 0.1) is 0 Å². The van der Waals surface area contributed by atoms with Crippen LogP contribution in [0.25, 0.3) is 11.1 Å². The number of carbonyl (C=O) groups is 1. The zero-order chi connectivity index (χ0) is 16.9. The van der Waals surface area contributed by atoms with E-state index in [-0.39, 0.29) is 5.91 Å². The lowest BCUT2D eigenvalue weighted by Gasteiger charge is -2.20. The van der Waals surface area contributed by atoms with Gasteiger partial charge in [-0.3, -0.25) is 4.79 Å². The summed E-state index contributed by atoms with van der Waals surface area (Å²) in [5, 5.41) is 1.10. The Kier molecular flexibility index (Phi) is 5.43. The fraction of sp³-hybridized carbons (Fsp3) is 0.222. The Morgan fingerprint density at radius 3 is 2.79 bits per heavy atom. The SMILES string of the molecule is CCN(Cc1ccccc1)C(=O)CSc1nc2cc(Cl)ccc2o1. The minimum atomic E-state index is 0.0617. The van der Waals surface area contributed by atoms with Crippen molar-refractivity contribution in [1.82, 2.24) is 9.88 Å². The first-order valence-corrected chi connectivity index (χ1v) is 9.02. The van der Waals surface area contributed by atoms with E-state index in [1.807, 2.05) is 42.2 Å². The Hall–Kier alpha value is -1.98. The van der Waals surface area contributed by atoms with E-state index >= 15 is 0 Å². The maximum atomic E-state index is 12.4. The van der Waals surface area contributed by atoms with Crippen molar-refractivity contribution in [2.75, 3.05) is 12.3 Å². The van der Waals surface area contributed by atoms with Gasteiger partial charge in [0, 0.05) is 18.1 Å². The predicted molar refractivity (Wildman–Crippen MR) is 97.3 cm³/mol. The van der Waals surface area contributed by atoms with Crippen LogP contribution in [-0.4, -0.2) is 28.1 Å². The number of rotatable bonds is 6. The third-order valence-corrected chi connectivity index (χ3v) is 4.65. The molecule has 124 valence electrons. The summed E-state index contributed by atoms with van der Waals surface area (Å²) in [6, 6.07) is 15.3. The molecular formula is C18H17ClN2O2S. The number of aromatic nitrogens is 1. The van der Waals surface area contributed by atoms with Crippen molar-refractivity contribution >= 4 is 40.4 Å². The molecule has 0 N–H and O–H groups in total. The lowest BCUT2D eigenvalue weighted by atomic mass is 10.2. The third kappa shape index (κ3) is 4.10. The number of thioether (sulfide) groups is 1. The van der Waals surface area contributed by atoms with E-state index in [0.717, 1.165) is 5.56 Å². The summed E-state index contributed by atoms with van der Waals surface area (Å²) in [4.78, 5) is 18.6. The van der Waals surface area contributed by atoms with Crippen LogP contribution >= 0.6 is 23.4 Å². The number of hydrogen-bond acceptors (Lipinski definition) is 4. The number of hydrogen-bond donors (Lipinski definition) is 0. The molecule has 0 unspecified atom stereocenters. The second-order valence-electron chi connectivity index (χ2n) is 5.27. The number of oxazole rings is 1. The van der Waals surface area contributed by atoms with Crippen LogP contribution in [-0.2, 0) is 11.3 Å². The molecule has 1 aromatic heterocycles. The number of carbonyl (C=O) groups excluding carboxylic acids is 1. The fourth-order valence-corrected chi connectivity index (χ4v) is 3.24. The molecule has 0 spiro atoms. The van der Waals surface area contributed by atoms with Gasteiger partial charge >= 0.3 is 0 Å². The molecule has 0 saturated heterocycles. The van der Waals surface area contributed by atoms with Gasteiger partial charge in [-0.05, 0) is 30.7 Å². The molecule has 1 heterocycles. The van der Waals surface area contributed by atoms with E-state index in [2.05, 4.69) is 4.98 Å². The van der Waals surface area contributed by atoms with E-state index in [1.165, 1.54) is 11.8 Å². The van der Waals surface area contributed by atoms with Crippen LogP contribution in [0.1, 0.15) is 12.5 Å². The van der Waals surface area contributed by atoms with Crippen molar-refractivity contribution in [1.29, 1.82) is 0 Å². The molecule has 0 radical (unpaired) electrons. The van der Waals surface area contributed by atoms with Crippen LogP contribution in [0.2, 0.25) is 5.02 Å². The van der Waals surface area contributed by atoms with Crippen molar-refractivity contribution in [3.63, 3.8) is 0 Å². The second kappa shape index (κ2) is 7.73. The van der Waals surface area contributed by atoms with Gasteiger partial charge in [0.15, 0.2) is 5.58 Å². The Morgan fingerprint density at radius 1 is 1.25 bits per heavy atom. The second-order valence-corrected chi connectivity index (χ2v) is 6.64. The van der Waals surface area contributed by atoms with E-state index in [9.17, 15) is 4.79 Å². The minimum Gasteiger partial charge on any atom is -0.431 e. The Bertz CT molecular complexity index is 835. The van der Waals surface area contributed by atoms with Gasteiger partial charge in [-0.2, -0.15) is 0 Å². The highest BCUT2D eigenvalue weighted by molar-refractivity contribution is 7.99. The predicted octanol–water partition coefficient (Wildman–Crippen LogP) is 4.62. The maximum absolute atomic E-state index is 12.4. The van der Waals surface area contributed by atoms with E-state index in [4.69, 9.17) is 16.0 Å². The number of halogens is 1. The Labute approximate surface area is 149 Å². The van der Waals surface area contributed by atoms with Crippen LogP contribution in [0.3, 0.4) is 0 Å². The van der Waals surface area contributed by atoms with Gasteiger partial charge in [0.1, 0.15) is 5.52 Å². The van der Waals surface area contributed by atoms with Crippen molar-refractivity contribution < 1.29 is 9.21 Å². The molecule has 2 aromatic carbocycles. The zero-order valence-corrected chi connectivity index (χ0v) is 14.8. The quantitative estimate of drug-likeness (QED) is 0.601. The smallest absolute Gasteiger partial charge is 0.257 e. The monoisotopic (exact) mass is 360 g/mol. The molecule has 0 aliphatic heterocycles. The summed E-state index contributed by atoms with van der Waals surface area (Å²) in [6.07, 6.45) is 0. The Balaban J connectivity index is 1.62. The van der Waals surface area contributed by atoms with Crippen LogP contribution in [0.4, 0.5) is 0 Å². The van der Waals surface area contributed by atoms with E-state index in [0.29, 0.717) is 40.2 Å². The summed E-state index contributed by atoms with van der Waals surface area (Å²) in [5.41, 5.74) is 2.49. The molecule has 0 bridgehead atoms. The topological polar surface area (TPSA) is 46.3 Å². The van der Waals surface area contributed by atoms with E-state index < -0.39 is 0 Å². The first-order chi connectivity index (χ1) is 11.7. The molecule has 4 nitrogen and oxygen atoms in total. The molecule has 1 amide bonds. The summed E-state index contributed by atoms with van der Waals surface area (Å²) in [5.74, 6) is 0.355. The van der Waals surface area contributed by atoms with Gasteiger partial charge in [0.05, 0.1) is 5.75 Å². The first-order valence-electron chi connectivity index (χ1n) is 7.66. The molecule has 6 heteroatoms. The van der Waals surface area contributed by atoms with Crippen LogP contribution in [0.5, 0.6) is 0 Å². The molecule has 0 aliphatic rings. The van der Waals surface area contributed by atoms with Gasteiger partial charge in [0.25, 0.3) is 5.22 Å². The third-order valence-electron chi connectivity index (χ3n) is 3.60. The molecule has 3 aromatic rings. The lowest BCUT2D eigenvalue weighted by molar-refractivity contribution is -0.128. The number of nitrogens with zero attached hydrogens (tertiary/aromatic N) is 2. The largest absolute Gasteiger partial charge is 0.431 e. The number of amides is 1.